The predicted molar refractivity (Wildman–Crippen MR) is 152 cm³/mol. The maximum absolute atomic E-state index is 13.0. The lowest BCUT2D eigenvalue weighted by Gasteiger charge is -2.36. The standard InChI is InChI=1S/C30H38N6O2/c1-4-31-30(38)36(17-16-23(2)3)22-29(37)35-20-18-34(19-21-35)28-15-14-27(32-33-28)26-12-10-25(11-13-26)24-8-6-5-7-9-24/h5-15,23H,4,16-22H2,1-3H3,(H,31,38). The number of benzene rings is 2. The molecule has 3 amide bonds. The van der Waals surface area contributed by atoms with Gasteiger partial charge < -0.3 is 20.0 Å². The van der Waals surface area contributed by atoms with E-state index in [0.29, 0.717) is 45.2 Å². The third kappa shape index (κ3) is 7.09. The Labute approximate surface area is 225 Å². The number of nitrogens with one attached hydrogen (secondary N) is 1. The smallest absolute Gasteiger partial charge is 0.317 e. The van der Waals surface area contributed by atoms with Gasteiger partial charge in [0.1, 0.15) is 6.54 Å². The number of nitrogens with zero attached hydrogens (tertiary/aromatic N) is 5. The van der Waals surface area contributed by atoms with Crippen LogP contribution in [0.1, 0.15) is 27.2 Å². The Morgan fingerprint density at radius 2 is 1.53 bits per heavy atom. The van der Waals surface area contributed by atoms with Gasteiger partial charge in [0, 0.05) is 44.8 Å². The number of aromatic nitrogens is 2. The van der Waals surface area contributed by atoms with Crippen molar-refractivity contribution in [3.63, 3.8) is 0 Å². The maximum atomic E-state index is 13.0. The molecule has 0 spiro atoms. The van der Waals surface area contributed by atoms with E-state index in [4.69, 9.17) is 0 Å². The van der Waals surface area contributed by atoms with Crippen LogP contribution < -0.4 is 10.2 Å². The second-order valence-corrected chi connectivity index (χ2v) is 10.0. The summed E-state index contributed by atoms with van der Waals surface area (Å²) in [7, 11) is 0. The Kier molecular flexibility index (Phi) is 9.30. The highest BCUT2D eigenvalue weighted by molar-refractivity contribution is 5.84. The Hall–Kier alpha value is -3.94. The molecular weight excluding hydrogens is 476 g/mol. The molecule has 0 radical (unpaired) electrons. The molecule has 1 fully saturated rings. The molecule has 1 aliphatic rings. The van der Waals surface area contributed by atoms with E-state index >= 15 is 0 Å². The molecule has 1 N–H and O–H groups in total. The quantitative estimate of drug-likeness (QED) is 0.454. The molecule has 8 nitrogen and oxygen atoms in total. The summed E-state index contributed by atoms with van der Waals surface area (Å²) in [5.74, 6) is 1.26. The molecule has 1 saturated heterocycles. The van der Waals surface area contributed by atoms with Crippen molar-refractivity contribution in [2.75, 3.05) is 50.7 Å². The zero-order valence-corrected chi connectivity index (χ0v) is 22.6. The molecule has 0 aliphatic carbocycles. The van der Waals surface area contributed by atoms with Crippen molar-refractivity contribution in [3.05, 3.63) is 66.7 Å². The number of urea groups is 1. The maximum Gasteiger partial charge on any atom is 0.317 e. The molecule has 0 atom stereocenters. The Balaban J connectivity index is 1.31. The van der Waals surface area contributed by atoms with Gasteiger partial charge in [0.2, 0.25) is 5.91 Å². The Morgan fingerprint density at radius 1 is 0.868 bits per heavy atom. The molecule has 1 aromatic heterocycles. The summed E-state index contributed by atoms with van der Waals surface area (Å²) in [5, 5.41) is 11.8. The highest BCUT2D eigenvalue weighted by atomic mass is 16.2. The zero-order chi connectivity index (χ0) is 26.9. The molecule has 4 rings (SSSR count). The molecule has 0 unspecified atom stereocenters. The summed E-state index contributed by atoms with van der Waals surface area (Å²) in [4.78, 5) is 31.0. The topological polar surface area (TPSA) is 81.7 Å². The highest BCUT2D eigenvalue weighted by Crippen LogP contribution is 2.24. The van der Waals surface area contributed by atoms with E-state index in [1.807, 2.05) is 42.2 Å². The molecule has 0 saturated carbocycles. The highest BCUT2D eigenvalue weighted by Gasteiger charge is 2.25. The van der Waals surface area contributed by atoms with E-state index in [0.717, 1.165) is 23.5 Å². The van der Waals surface area contributed by atoms with Gasteiger partial charge in [0.15, 0.2) is 5.82 Å². The molecule has 2 heterocycles. The first-order valence-corrected chi connectivity index (χ1v) is 13.5. The van der Waals surface area contributed by atoms with Crippen LogP contribution in [0, 0.1) is 5.92 Å². The van der Waals surface area contributed by atoms with Crippen molar-refractivity contribution in [3.8, 4) is 22.4 Å². The number of amides is 3. The van der Waals surface area contributed by atoms with Crippen LogP contribution in [0.3, 0.4) is 0 Å². The van der Waals surface area contributed by atoms with Crippen LogP contribution in [0.5, 0.6) is 0 Å². The summed E-state index contributed by atoms with van der Waals surface area (Å²) >= 11 is 0. The fourth-order valence-corrected chi connectivity index (χ4v) is 4.49. The van der Waals surface area contributed by atoms with Crippen molar-refractivity contribution in [1.29, 1.82) is 0 Å². The molecule has 38 heavy (non-hydrogen) atoms. The summed E-state index contributed by atoms with van der Waals surface area (Å²) in [6.45, 7) is 9.90. The minimum absolute atomic E-state index is 0.0139. The van der Waals surface area contributed by atoms with Crippen LogP contribution in [0.4, 0.5) is 10.6 Å². The van der Waals surface area contributed by atoms with Gasteiger partial charge in [-0.25, -0.2) is 4.79 Å². The van der Waals surface area contributed by atoms with Gasteiger partial charge in [-0.2, -0.15) is 0 Å². The van der Waals surface area contributed by atoms with Gasteiger partial charge in [0.25, 0.3) is 0 Å². The lowest BCUT2D eigenvalue weighted by Crippen LogP contribution is -2.53. The summed E-state index contributed by atoms with van der Waals surface area (Å²) in [6, 6.07) is 22.5. The van der Waals surface area contributed by atoms with Crippen molar-refractivity contribution in [1.82, 2.24) is 25.3 Å². The summed E-state index contributed by atoms with van der Waals surface area (Å²) < 4.78 is 0. The molecule has 0 bridgehead atoms. The van der Waals surface area contributed by atoms with E-state index in [-0.39, 0.29) is 18.5 Å². The van der Waals surface area contributed by atoms with Gasteiger partial charge in [-0.05, 0) is 42.5 Å². The van der Waals surface area contributed by atoms with Gasteiger partial charge in [-0.3, -0.25) is 4.79 Å². The summed E-state index contributed by atoms with van der Waals surface area (Å²) in [6.07, 6.45) is 0.865. The average Bonchev–Trinajstić information content (AvgIpc) is 2.96. The van der Waals surface area contributed by atoms with Crippen molar-refractivity contribution in [2.45, 2.75) is 27.2 Å². The summed E-state index contributed by atoms with van der Waals surface area (Å²) in [5.41, 5.74) is 4.20. The number of anilines is 1. The van der Waals surface area contributed by atoms with Crippen LogP contribution in [-0.2, 0) is 4.79 Å². The van der Waals surface area contributed by atoms with E-state index in [9.17, 15) is 9.59 Å². The molecule has 8 heteroatoms. The number of piperazine rings is 1. The molecule has 200 valence electrons. The SMILES string of the molecule is CCNC(=O)N(CCC(C)C)CC(=O)N1CCN(c2ccc(-c3ccc(-c4ccccc4)cc3)nn2)CC1. The largest absolute Gasteiger partial charge is 0.352 e. The lowest BCUT2D eigenvalue weighted by molar-refractivity contribution is -0.132. The third-order valence-electron chi connectivity index (χ3n) is 6.81. The molecule has 3 aromatic rings. The monoisotopic (exact) mass is 514 g/mol. The second-order valence-electron chi connectivity index (χ2n) is 10.0. The van der Waals surface area contributed by atoms with Crippen molar-refractivity contribution in [2.24, 2.45) is 5.92 Å². The number of carbonyl (C=O) groups is 2. The first kappa shape index (κ1) is 27.1. The first-order valence-electron chi connectivity index (χ1n) is 13.5. The van der Waals surface area contributed by atoms with E-state index in [2.05, 4.69) is 70.7 Å². The minimum Gasteiger partial charge on any atom is -0.352 e. The van der Waals surface area contributed by atoms with Gasteiger partial charge in [-0.1, -0.05) is 68.4 Å². The number of hydrogen-bond acceptors (Lipinski definition) is 5. The van der Waals surface area contributed by atoms with E-state index in [1.54, 1.807) is 4.90 Å². The average molecular weight is 515 g/mol. The third-order valence-corrected chi connectivity index (χ3v) is 6.81. The fraction of sp³-hybridized carbons (Fsp3) is 0.400. The molecular formula is C30H38N6O2. The van der Waals surface area contributed by atoms with Crippen LogP contribution in [0.25, 0.3) is 22.4 Å². The van der Waals surface area contributed by atoms with Crippen molar-refractivity contribution >= 4 is 17.8 Å². The Morgan fingerprint density at radius 3 is 2.13 bits per heavy atom. The lowest BCUT2D eigenvalue weighted by atomic mass is 10.0. The van der Waals surface area contributed by atoms with Gasteiger partial charge in [0.05, 0.1) is 5.69 Å². The molecule has 1 aliphatic heterocycles. The molecule has 2 aromatic carbocycles. The first-order chi connectivity index (χ1) is 18.4. The number of rotatable bonds is 9. The van der Waals surface area contributed by atoms with Crippen LogP contribution in [0.15, 0.2) is 66.7 Å². The minimum atomic E-state index is -0.176. The van der Waals surface area contributed by atoms with Crippen LogP contribution >= 0.6 is 0 Å². The number of hydrogen-bond donors (Lipinski definition) is 1. The predicted octanol–water partition coefficient (Wildman–Crippen LogP) is 4.54. The zero-order valence-electron chi connectivity index (χ0n) is 22.6. The fourth-order valence-electron chi connectivity index (χ4n) is 4.49. The Bertz CT molecular complexity index is 1170. The van der Waals surface area contributed by atoms with Gasteiger partial charge >= 0.3 is 6.03 Å². The van der Waals surface area contributed by atoms with E-state index < -0.39 is 0 Å². The number of carbonyl (C=O) groups excluding carboxylic acids is 2. The van der Waals surface area contributed by atoms with E-state index in [1.165, 1.54) is 11.1 Å². The van der Waals surface area contributed by atoms with Crippen molar-refractivity contribution < 1.29 is 9.59 Å². The van der Waals surface area contributed by atoms with Crippen LogP contribution in [-0.4, -0.2) is 77.7 Å². The normalized spacial score (nSPS) is 13.5. The van der Waals surface area contributed by atoms with Crippen LogP contribution in [0.2, 0.25) is 0 Å². The van der Waals surface area contributed by atoms with Gasteiger partial charge in [-0.15, -0.1) is 10.2 Å². The second kappa shape index (κ2) is 13.0.